The molecule has 1 aromatic carbocycles. The molecule has 0 aliphatic heterocycles. The van der Waals surface area contributed by atoms with Crippen LogP contribution < -0.4 is 10.6 Å². The molecular formula is C15H16Cl2N4O. The van der Waals surface area contributed by atoms with E-state index in [1.807, 2.05) is 0 Å². The zero-order chi connectivity index (χ0) is 15.9. The molecule has 0 unspecified atom stereocenters. The molecule has 2 rings (SSSR count). The number of nitrogens with zero attached hydrogens (tertiary/aromatic N) is 2. The van der Waals surface area contributed by atoms with Crippen molar-refractivity contribution >= 4 is 40.7 Å². The van der Waals surface area contributed by atoms with Crippen LogP contribution in [0, 0.1) is 0 Å². The van der Waals surface area contributed by atoms with Gasteiger partial charge in [-0.2, -0.15) is 0 Å². The van der Waals surface area contributed by atoms with E-state index in [-0.39, 0.29) is 11.6 Å². The summed E-state index contributed by atoms with van der Waals surface area (Å²) in [4.78, 5) is 20.5. The molecule has 0 saturated carbocycles. The average molecular weight is 339 g/mol. The summed E-state index contributed by atoms with van der Waals surface area (Å²) < 4.78 is 0. The number of carbonyl (C=O) groups is 1. The van der Waals surface area contributed by atoms with Gasteiger partial charge in [0.05, 0.1) is 10.7 Å². The molecule has 2 N–H and O–H groups in total. The number of rotatable bonds is 6. The second-order valence-electron chi connectivity index (χ2n) is 4.62. The Morgan fingerprint density at radius 1 is 1.27 bits per heavy atom. The highest BCUT2D eigenvalue weighted by molar-refractivity contribution is 6.36. The Morgan fingerprint density at radius 3 is 2.82 bits per heavy atom. The molecule has 1 heterocycles. The molecule has 1 aromatic heterocycles. The van der Waals surface area contributed by atoms with Crippen molar-refractivity contribution in [2.75, 3.05) is 17.2 Å². The van der Waals surface area contributed by atoms with Gasteiger partial charge < -0.3 is 10.6 Å². The maximum atomic E-state index is 12.2. The van der Waals surface area contributed by atoms with Gasteiger partial charge in [-0.3, -0.25) is 4.79 Å². The quantitative estimate of drug-likeness (QED) is 0.772. The zero-order valence-electron chi connectivity index (χ0n) is 12.1. The van der Waals surface area contributed by atoms with Crippen LogP contribution in [0.15, 0.2) is 30.5 Å². The van der Waals surface area contributed by atoms with E-state index >= 15 is 0 Å². The fraction of sp³-hybridized carbons (Fsp3) is 0.267. The minimum absolute atomic E-state index is 0.264. The Bertz CT molecular complexity index is 664. The fourth-order valence-corrected chi connectivity index (χ4v) is 2.18. The fourth-order valence-electron chi connectivity index (χ4n) is 1.72. The number of unbranched alkanes of at least 4 members (excludes halogenated alkanes) is 1. The summed E-state index contributed by atoms with van der Waals surface area (Å²) in [7, 11) is 0. The topological polar surface area (TPSA) is 66.9 Å². The van der Waals surface area contributed by atoms with Crippen molar-refractivity contribution < 1.29 is 4.79 Å². The first-order valence-electron chi connectivity index (χ1n) is 6.93. The number of hydrogen-bond donors (Lipinski definition) is 2. The van der Waals surface area contributed by atoms with Gasteiger partial charge in [0.2, 0.25) is 5.95 Å². The molecule has 2 aromatic rings. The molecule has 0 aliphatic rings. The van der Waals surface area contributed by atoms with Crippen molar-refractivity contribution in [3.63, 3.8) is 0 Å². The van der Waals surface area contributed by atoms with Gasteiger partial charge >= 0.3 is 0 Å². The van der Waals surface area contributed by atoms with Crippen LogP contribution in [-0.2, 0) is 0 Å². The molecule has 0 aliphatic carbocycles. The van der Waals surface area contributed by atoms with Crippen LogP contribution >= 0.6 is 23.2 Å². The first-order chi connectivity index (χ1) is 10.6. The Hall–Kier alpha value is -1.85. The van der Waals surface area contributed by atoms with Gasteiger partial charge in [0.1, 0.15) is 5.69 Å². The van der Waals surface area contributed by atoms with Gasteiger partial charge in [-0.15, -0.1) is 0 Å². The van der Waals surface area contributed by atoms with Crippen LogP contribution in [-0.4, -0.2) is 22.4 Å². The highest BCUT2D eigenvalue weighted by atomic mass is 35.5. The Kier molecular flexibility index (Phi) is 5.98. The first kappa shape index (κ1) is 16.5. The van der Waals surface area contributed by atoms with E-state index in [2.05, 4.69) is 27.5 Å². The molecule has 0 bridgehead atoms. The smallest absolute Gasteiger partial charge is 0.274 e. The monoisotopic (exact) mass is 338 g/mol. The first-order valence-corrected chi connectivity index (χ1v) is 7.69. The third-order valence-corrected chi connectivity index (χ3v) is 3.43. The van der Waals surface area contributed by atoms with Crippen molar-refractivity contribution in [3.8, 4) is 0 Å². The average Bonchev–Trinajstić information content (AvgIpc) is 2.50. The molecule has 0 fully saturated rings. The molecule has 7 heteroatoms. The summed E-state index contributed by atoms with van der Waals surface area (Å²) in [5, 5.41) is 6.66. The van der Waals surface area contributed by atoms with E-state index in [4.69, 9.17) is 23.2 Å². The summed E-state index contributed by atoms with van der Waals surface area (Å²) in [6.07, 6.45) is 3.63. The lowest BCUT2D eigenvalue weighted by atomic mass is 10.3. The predicted octanol–water partition coefficient (Wildman–Crippen LogP) is 4.25. The van der Waals surface area contributed by atoms with Crippen molar-refractivity contribution in [2.24, 2.45) is 0 Å². The van der Waals surface area contributed by atoms with Crippen LogP contribution in [0.3, 0.4) is 0 Å². The number of halogens is 2. The summed E-state index contributed by atoms with van der Waals surface area (Å²) in [6, 6.07) is 6.41. The second-order valence-corrected chi connectivity index (χ2v) is 5.47. The highest BCUT2D eigenvalue weighted by Gasteiger charge is 2.11. The number of benzene rings is 1. The number of carbonyl (C=O) groups excluding carboxylic acids is 1. The molecular weight excluding hydrogens is 323 g/mol. The molecule has 0 radical (unpaired) electrons. The Balaban J connectivity index is 2.07. The van der Waals surface area contributed by atoms with E-state index in [9.17, 15) is 4.79 Å². The summed E-state index contributed by atoms with van der Waals surface area (Å²) >= 11 is 11.9. The van der Waals surface area contributed by atoms with E-state index < -0.39 is 0 Å². The summed E-state index contributed by atoms with van der Waals surface area (Å²) in [6.45, 7) is 2.87. The predicted molar refractivity (Wildman–Crippen MR) is 89.8 cm³/mol. The SMILES string of the molecule is CCCCNc1nccc(C(=O)Nc2ccc(Cl)cc2Cl)n1. The second kappa shape index (κ2) is 7.96. The minimum atomic E-state index is -0.356. The van der Waals surface area contributed by atoms with Crippen LogP contribution in [0.25, 0.3) is 0 Å². The van der Waals surface area contributed by atoms with Crippen molar-refractivity contribution in [1.82, 2.24) is 9.97 Å². The number of aromatic nitrogens is 2. The third kappa shape index (κ3) is 4.58. The van der Waals surface area contributed by atoms with Crippen LogP contribution in [0.5, 0.6) is 0 Å². The lowest BCUT2D eigenvalue weighted by Crippen LogP contribution is -2.15. The summed E-state index contributed by atoms with van der Waals surface area (Å²) in [5.74, 6) is 0.0773. The maximum absolute atomic E-state index is 12.2. The molecule has 1 amide bonds. The summed E-state index contributed by atoms with van der Waals surface area (Å²) in [5.41, 5.74) is 0.746. The van der Waals surface area contributed by atoms with Crippen molar-refractivity contribution in [1.29, 1.82) is 0 Å². The molecule has 0 spiro atoms. The number of hydrogen-bond acceptors (Lipinski definition) is 4. The normalized spacial score (nSPS) is 10.3. The third-order valence-electron chi connectivity index (χ3n) is 2.88. The lowest BCUT2D eigenvalue weighted by molar-refractivity contribution is 0.102. The van der Waals surface area contributed by atoms with E-state index in [1.54, 1.807) is 30.5 Å². The van der Waals surface area contributed by atoms with Gasteiger partial charge in [-0.1, -0.05) is 36.5 Å². The minimum Gasteiger partial charge on any atom is -0.354 e. The van der Waals surface area contributed by atoms with Gasteiger partial charge in [0.15, 0.2) is 0 Å². The standard InChI is InChI=1S/C15H16Cl2N4O/c1-2-3-7-18-15-19-8-6-13(21-15)14(22)20-12-5-4-10(16)9-11(12)17/h4-6,8-9H,2-3,7H2,1H3,(H,20,22)(H,18,19,21). The number of nitrogens with one attached hydrogen (secondary N) is 2. The molecule has 0 saturated heterocycles. The lowest BCUT2D eigenvalue weighted by Gasteiger charge is -2.08. The zero-order valence-corrected chi connectivity index (χ0v) is 13.6. The van der Waals surface area contributed by atoms with Gasteiger partial charge in [-0.05, 0) is 30.7 Å². The molecule has 22 heavy (non-hydrogen) atoms. The van der Waals surface area contributed by atoms with Crippen molar-refractivity contribution in [3.05, 3.63) is 46.2 Å². The number of anilines is 2. The van der Waals surface area contributed by atoms with E-state index in [0.29, 0.717) is 21.7 Å². The van der Waals surface area contributed by atoms with Crippen LogP contribution in [0.4, 0.5) is 11.6 Å². The molecule has 116 valence electrons. The van der Waals surface area contributed by atoms with Gasteiger partial charge in [0, 0.05) is 17.8 Å². The van der Waals surface area contributed by atoms with E-state index in [1.165, 1.54) is 0 Å². The maximum Gasteiger partial charge on any atom is 0.274 e. The highest BCUT2D eigenvalue weighted by Crippen LogP contribution is 2.25. The number of amides is 1. The van der Waals surface area contributed by atoms with Gasteiger partial charge in [0.25, 0.3) is 5.91 Å². The van der Waals surface area contributed by atoms with Gasteiger partial charge in [-0.25, -0.2) is 9.97 Å². The molecule has 0 atom stereocenters. The van der Waals surface area contributed by atoms with Crippen LogP contribution in [0.1, 0.15) is 30.3 Å². The van der Waals surface area contributed by atoms with E-state index in [0.717, 1.165) is 19.4 Å². The Labute approximate surface area is 139 Å². The van der Waals surface area contributed by atoms with Crippen LogP contribution in [0.2, 0.25) is 10.0 Å². The van der Waals surface area contributed by atoms with Crippen molar-refractivity contribution in [2.45, 2.75) is 19.8 Å². The molecule has 5 nitrogen and oxygen atoms in total. The Morgan fingerprint density at radius 2 is 2.09 bits per heavy atom. The largest absolute Gasteiger partial charge is 0.354 e.